The molecule has 0 bridgehead atoms. The van der Waals surface area contributed by atoms with Crippen LogP contribution in [0.3, 0.4) is 0 Å². The fraction of sp³-hybridized carbons (Fsp3) is 0.278. The molecule has 2 rings (SSSR count). The fourth-order valence-corrected chi connectivity index (χ4v) is 2.24. The summed E-state index contributed by atoms with van der Waals surface area (Å²) in [5, 5.41) is 2.50. The zero-order chi connectivity index (χ0) is 18.4. The van der Waals surface area contributed by atoms with Crippen molar-refractivity contribution in [1.82, 2.24) is 10.3 Å². The van der Waals surface area contributed by atoms with Gasteiger partial charge >= 0.3 is 5.97 Å². The van der Waals surface area contributed by atoms with Crippen molar-refractivity contribution in [2.24, 2.45) is 0 Å². The Labute approximate surface area is 154 Å². The number of benzene rings is 1. The smallest absolute Gasteiger partial charge is 0.325 e. The molecule has 0 radical (unpaired) electrons. The molecule has 0 atom stereocenters. The van der Waals surface area contributed by atoms with Crippen molar-refractivity contribution in [3.63, 3.8) is 0 Å². The monoisotopic (exact) mass is 406 g/mol. The van der Waals surface area contributed by atoms with Crippen LogP contribution in [0.25, 0.3) is 0 Å². The third-order valence-corrected chi connectivity index (χ3v) is 3.32. The number of aromatic nitrogens is 1. The number of carbonyl (C=O) groups is 2. The summed E-state index contributed by atoms with van der Waals surface area (Å²) in [4.78, 5) is 27.7. The van der Waals surface area contributed by atoms with Crippen LogP contribution in [0.4, 0.5) is 0 Å². The van der Waals surface area contributed by atoms with Crippen LogP contribution < -0.4 is 10.1 Å². The van der Waals surface area contributed by atoms with E-state index in [-0.39, 0.29) is 6.54 Å². The lowest BCUT2D eigenvalue weighted by Crippen LogP contribution is -2.34. The summed E-state index contributed by atoms with van der Waals surface area (Å²) in [5.74, 6) is 0.0848. The minimum atomic E-state index is -0.589. The van der Waals surface area contributed by atoms with Gasteiger partial charge in [-0.3, -0.25) is 9.59 Å². The van der Waals surface area contributed by atoms with Gasteiger partial charge in [-0.15, -0.1) is 0 Å². The van der Waals surface area contributed by atoms with Gasteiger partial charge in [-0.2, -0.15) is 0 Å². The molecule has 0 unspecified atom stereocenters. The van der Waals surface area contributed by atoms with Crippen LogP contribution in [-0.2, 0) is 9.53 Å². The average molecular weight is 407 g/mol. The molecule has 132 valence electrons. The van der Waals surface area contributed by atoms with Crippen molar-refractivity contribution in [2.75, 3.05) is 6.54 Å². The van der Waals surface area contributed by atoms with E-state index in [4.69, 9.17) is 9.47 Å². The molecule has 7 heteroatoms. The van der Waals surface area contributed by atoms with Crippen LogP contribution in [0.2, 0.25) is 0 Å². The molecular formula is C18H19BrN2O4. The van der Waals surface area contributed by atoms with Gasteiger partial charge < -0.3 is 14.8 Å². The fourth-order valence-electron chi connectivity index (χ4n) is 1.86. The summed E-state index contributed by atoms with van der Waals surface area (Å²) in [6.07, 6.45) is 1.39. The highest BCUT2D eigenvalue weighted by molar-refractivity contribution is 9.10. The number of nitrogens with one attached hydrogen (secondary N) is 1. The summed E-state index contributed by atoms with van der Waals surface area (Å²) in [7, 11) is 0. The van der Waals surface area contributed by atoms with Crippen molar-refractivity contribution >= 4 is 27.8 Å². The largest absolute Gasteiger partial charge is 0.459 e. The number of nitrogens with zero attached hydrogens (tertiary/aromatic N) is 1. The van der Waals surface area contributed by atoms with E-state index in [0.717, 1.165) is 4.47 Å². The molecule has 0 aliphatic heterocycles. The number of hydrogen-bond donors (Lipinski definition) is 1. The third kappa shape index (κ3) is 6.54. The molecule has 0 saturated carbocycles. The van der Waals surface area contributed by atoms with Crippen molar-refractivity contribution < 1.29 is 19.1 Å². The molecule has 1 aromatic heterocycles. The predicted octanol–water partition coefficient (Wildman–Crippen LogP) is 3.71. The number of pyridine rings is 1. The molecule has 0 aliphatic carbocycles. The van der Waals surface area contributed by atoms with E-state index in [1.165, 1.54) is 6.20 Å². The van der Waals surface area contributed by atoms with Gasteiger partial charge in [0, 0.05) is 16.7 Å². The van der Waals surface area contributed by atoms with Crippen LogP contribution in [0.5, 0.6) is 11.6 Å². The summed E-state index contributed by atoms with van der Waals surface area (Å²) in [5.41, 5.74) is -0.264. The van der Waals surface area contributed by atoms with E-state index in [0.29, 0.717) is 17.2 Å². The number of ether oxygens (including phenoxy) is 2. The Morgan fingerprint density at radius 1 is 1.20 bits per heavy atom. The van der Waals surface area contributed by atoms with Crippen LogP contribution in [0.1, 0.15) is 31.1 Å². The highest BCUT2D eigenvalue weighted by Crippen LogP contribution is 2.22. The van der Waals surface area contributed by atoms with Crippen molar-refractivity contribution in [3.8, 4) is 11.6 Å². The molecule has 1 heterocycles. The number of hydrogen-bond acceptors (Lipinski definition) is 5. The Morgan fingerprint density at radius 2 is 1.96 bits per heavy atom. The van der Waals surface area contributed by atoms with Crippen molar-refractivity contribution in [2.45, 2.75) is 26.4 Å². The van der Waals surface area contributed by atoms with Gasteiger partial charge in [-0.1, -0.05) is 22.0 Å². The zero-order valence-electron chi connectivity index (χ0n) is 14.2. The summed E-state index contributed by atoms with van der Waals surface area (Å²) in [6, 6.07) is 10.5. The SMILES string of the molecule is CC(C)(C)OC(=O)CNC(=O)c1ccc(Oc2cccc(Br)c2)nc1. The van der Waals surface area contributed by atoms with Crippen LogP contribution >= 0.6 is 15.9 Å². The molecule has 1 N–H and O–H groups in total. The first-order valence-electron chi connectivity index (χ1n) is 7.62. The lowest BCUT2D eigenvalue weighted by molar-refractivity contribution is -0.153. The third-order valence-electron chi connectivity index (χ3n) is 2.83. The average Bonchev–Trinajstić information content (AvgIpc) is 2.52. The van der Waals surface area contributed by atoms with E-state index < -0.39 is 17.5 Å². The van der Waals surface area contributed by atoms with Crippen LogP contribution in [0, 0.1) is 0 Å². The number of rotatable bonds is 5. The van der Waals surface area contributed by atoms with Gasteiger partial charge in [0.25, 0.3) is 5.91 Å². The van der Waals surface area contributed by atoms with Crippen molar-refractivity contribution in [3.05, 3.63) is 52.6 Å². The Kier molecular flexibility index (Phi) is 6.14. The first-order valence-corrected chi connectivity index (χ1v) is 8.42. The van der Waals surface area contributed by atoms with Gasteiger partial charge in [-0.25, -0.2) is 4.98 Å². The minimum absolute atomic E-state index is 0.202. The maximum absolute atomic E-state index is 12.0. The Hall–Kier alpha value is -2.41. The van der Waals surface area contributed by atoms with Gasteiger partial charge in [0.1, 0.15) is 17.9 Å². The number of carbonyl (C=O) groups excluding carboxylic acids is 2. The summed E-state index contributed by atoms with van der Waals surface area (Å²) < 4.78 is 11.6. The summed E-state index contributed by atoms with van der Waals surface area (Å²) in [6.45, 7) is 5.09. The number of amides is 1. The second-order valence-electron chi connectivity index (χ2n) is 6.21. The lowest BCUT2D eigenvalue weighted by Gasteiger charge is -2.19. The maximum Gasteiger partial charge on any atom is 0.325 e. The Balaban J connectivity index is 1.90. The first kappa shape index (κ1) is 18.9. The van der Waals surface area contributed by atoms with Crippen LogP contribution in [-0.4, -0.2) is 29.0 Å². The van der Waals surface area contributed by atoms with Crippen molar-refractivity contribution in [1.29, 1.82) is 0 Å². The molecule has 6 nitrogen and oxygen atoms in total. The molecule has 1 amide bonds. The molecular weight excluding hydrogens is 388 g/mol. The number of halogens is 1. The highest BCUT2D eigenvalue weighted by atomic mass is 79.9. The van der Waals surface area contributed by atoms with E-state index in [2.05, 4.69) is 26.2 Å². The normalized spacial score (nSPS) is 10.9. The molecule has 0 spiro atoms. The number of esters is 1. The quantitative estimate of drug-likeness (QED) is 0.765. The van der Waals surface area contributed by atoms with Gasteiger partial charge in [0.05, 0.1) is 5.56 Å². The highest BCUT2D eigenvalue weighted by Gasteiger charge is 2.17. The molecule has 1 aromatic carbocycles. The minimum Gasteiger partial charge on any atom is -0.459 e. The predicted molar refractivity (Wildman–Crippen MR) is 96.6 cm³/mol. The second kappa shape index (κ2) is 8.11. The maximum atomic E-state index is 12.0. The second-order valence-corrected chi connectivity index (χ2v) is 7.13. The van der Waals surface area contributed by atoms with E-state index in [1.54, 1.807) is 39.0 Å². The van der Waals surface area contributed by atoms with Gasteiger partial charge in [0.15, 0.2) is 0 Å². The molecule has 2 aromatic rings. The Morgan fingerprint density at radius 3 is 2.56 bits per heavy atom. The Bertz CT molecular complexity index is 754. The van der Waals surface area contributed by atoms with Gasteiger partial charge in [0.2, 0.25) is 5.88 Å². The van der Waals surface area contributed by atoms with Crippen LogP contribution in [0.15, 0.2) is 47.1 Å². The molecule has 0 aliphatic rings. The molecule has 25 heavy (non-hydrogen) atoms. The van der Waals surface area contributed by atoms with E-state index in [1.807, 2.05) is 18.2 Å². The first-order chi connectivity index (χ1) is 11.7. The standard InChI is InChI=1S/C18H19BrN2O4/c1-18(2,3)25-16(22)11-21-17(23)12-7-8-15(20-10-12)24-14-6-4-5-13(19)9-14/h4-10H,11H2,1-3H3,(H,21,23). The molecule has 0 saturated heterocycles. The van der Waals surface area contributed by atoms with Gasteiger partial charge in [-0.05, 0) is 45.0 Å². The van der Waals surface area contributed by atoms with E-state index >= 15 is 0 Å². The topological polar surface area (TPSA) is 77.5 Å². The summed E-state index contributed by atoms with van der Waals surface area (Å²) >= 11 is 3.36. The van der Waals surface area contributed by atoms with E-state index in [9.17, 15) is 9.59 Å². The zero-order valence-corrected chi connectivity index (χ0v) is 15.8. The molecule has 0 fully saturated rings. The lowest BCUT2D eigenvalue weighted by atomic mass is 10.2.